The predicted molar refractivity (Wildman–Crippen MR) is 100 cm³/mol. The Morgan fingerprint density at radius 2 is 1.73 bits per heavy atom. The molecule has 0 aromatic carbocycles. The minimum atomic E-state index is -2.89. The fourth-order valence-electron chi connectivity index (χ4n) is 5.11. The molecule has 3 aliphatic rings. The van der Waals surface area contributed by atoms with Crippen molar-refractivity contribution in [3.8, 4) is 0 Å². The third-order valence-corrected chi connectivity index (χ3v) is 6.19. The van der Waals surface area contributed by atoms with E-state index in [1.165, 1.54) is 4.90 Å². The van der Waals surface area contributed by atoms with Crippen LogP contribution in [0.2, 0.25) is 0 Å². The molecule has 1 atom stereocenters. The second kappa shape index (κ2) is 9.16. The molecule has 1 saturated heterocycles. The third kappa shape index (κ3) is 6.20. The fourth-order valence-corrected chi connectivity index (χ4v) is 5.11. The number of piperazine rings is 1. The molecule has 0 N–H and O–H groups in total. The van der Waals surface area contributed by atoms with Gasteiger partial charge in [-0.2, -0.15) is 17.6 Å². The summed E-state index contributed by atoms with van der Waals surface area (Å²) in [6.45, 7) is 1.67. The van der Waals surface area contributed by atoms with Crippen molar-refractivity contribution in [2.45, 2.75) is 77.4 Å². The van der Waals surface area contributed by atoms with Crippen LogP contribution in [0.4, 0.5) is 22.4 Å². The lowest BCUT2D eigenvalue weighted by Crippen LogP contribution is -2.60. The Morgan fingerprint density at radius 1 is 1.07 bits per heavy atom. The van der Waals surface area contributed by atoms with E-state index in [0.717, 1.165) is 19.4 Å². The number of carbonyl (C=O) groups excluding carboxylic acids is 1. The van der Waals surface area contributed by atoms with Crippen LogP contribution in [0.3, 0.4) is 0 Å². The van der Waals surface area contributed by atoms with E-state index in [9.17, 15) is 22.4 Å². The maximum Gasteiger partial charge on any atom is 0.410 e. The minimum Gasteiger partial charge on any atom is -0.444 e. The molecule has 1 spiro atoms. The van der Waals surface area contributed by atoms with E-state index in [1.54, 1.807) is 20.8 Å². The van der Waals surface area contributed by atoms with Crippen molar-refractivity contribution in [1.29, 1.82) is 0 Å². The molecule has 3 fully saturated rings. The van der Waals surface area contributed by atoms with Gasteiger partial charge in [0, 0.05) is 26.2 Å². The van der Waals surface area contributed by atoms with E-state index in [0.29, 0.717) is 38.4 Å². The summed E-state index contributed by atoms with van der Waals surface area (Å²) < 4.78 is 64.2. The summed E-state index contributed by atoms with van der Waals surface area (Å²) >= 11 is 0. The molecule has 174 valence electrons. The number of halogens is 4. The van der Waals surface area contributed by atoms with Gasteiger partial charge in [-0.3, -0.25) is 4.90 Å². The number of ether oxygens (including phenoxy) is 3. The summed E-state index contributed by atoms with van der Waals surface area (Å²) in [5.41, 5.74) is -0.530. The van der Waals surface area contributed by atoms with E-state index in [4.69, 9.17) is 4.74 Å². The topological polar surface area (TPSA) is 51.2 Å². The van der Waals surface area contributed by atoms with Gasteiger partial charge in [-0.05, 0) is 57.8 Å². The van der Waals surface area contributed by atoms with Gasteiger partial charge in [0.05, 0.1) is 18.8 Å². The van der Waals surface area contributed by atoms with Gasteiger partial charge in [0.2, 0.25) is 0 Å². The van der Waals surface area contributed by atoms with Crippen LogP contribution in [0.15, 0.2) is 0 Å². The second-order valence-electron chi connectivity index (χ2n) is 9.88. The van der Waals surface area contributed by atoms with E-state index >= 15 is 0 Å². The molecule has 0 bridgehead atoms. The summed E-state index contributed by atoms with van der Waals surface area (Å²) in [5, 5.41) is 0. The lowest BCUT2D eigenvalue weighted by Gasteiger charge is -2.58. The molecular formula is C20H32F4N2O4. The van der Waals surface area contributed by atoms with Crippen LogP contribution >= 0.6 is 0 Å². The maximum atomic E-state index is 12.6. The first kappa shape index (κ1) is 23.5. The Bertz CT molecular complexity index is 588. The third-order valence-electron chi connectivity index (χ3n) is 6.19. The van der Waals surface area contributed by atoms with E-state index in [1.807, 2.05) is 0 Å². The Hall–Kier alpha value is -1.13. The molecule has 10 heteroatoms. The summed E-state index contributed by atoms with van der Waals surface area (Å²) in [7, 11) is 0. The van der Waals surface area contributed by atoms with Crippen molar-refractivity contribution in [2.24, 2.45) is 11.3 Å². The number of alkyl halides is 4. The average Bonchev–Trinajstić information content (AvgIpc) is 2.54. The molecule has 2 aliphatic carbocycles. The first-order chi connectivity index (χ1) is 13.9. The van der Waals surface area contributed by atoms with Gasteiger partial charge in [0.25, 0.3) is 0 Å². The number of hydrogen-bond acceptors (Lipinski definition) is 5. The molecule has 0 radical (unpaired) electrons. The van der Waals surface area contributed by atoms with Crippen LogP contribution in [0.25, 0.3) is 0 Å². The van der Waals surface area contributed by atoms with Gasteiger partial charge in [-0.1, -0.05) is 0 Å². The standard InChI is InChI=1S/C20H32F4N2O4/c1-19(2,3)30-18(27)26-5-4-25(11-14(26)12-28-16(21)22)10-13-6-20(7-13)8-15(9-20)29-17(23)24/h13-17H,4-12H2,1-3H3/t13?,14-,15?,20?/m0/s1. The van der Waals surface area contributed by atoms with Crippen molar-refractivity contribution < 1.29 is 36.6 Å². The lowest BCUT2D eigenvalue weighted by molar-refractivity contribution is -0.227. The normalized spacial score (nSPS) is 32.4. The van der Waals surface area contributed by atoms with Crippen molar-refractivity contribution in [2.75, 3.05) is 32.8 Å². The molecule has 1 amide bonds. The highest BCUT2D eigenvalue weighted by Crippen LogP contribution is 2.59. The minimum absolute atomic E-state index is 0.140. The van der Waals surface area contributed by atoms with Crippen LogP contribution in [0, 0.1) is 11.3 Å². The summed E-state index contributed by atoms with van der Waals surface area (Å²) in [6.07, 6.45) is 2.46. The maximum absolute atomic E-state index is 12.6. The van der Waals surface area contributed by atoms with Gasteiger partial charge >= 0.3 is 19.3 Å². The monoisotopic (exact) mass is 440 g/mol. The highest BCUT2D eigenvalue weighted by molar-refractivity contribution is 5.68. The van der Waals surface area contributed by atoms with Crippen LogP contribution in [0.5, 0.6) is 0 Å². The zero-order valence-corrected chi connectivity index (χ0v) is 17.8. The Morgan fingerprint density at radius 3 is 2.30 bits per heavy atom. The molecule has 0 aromatic heterocycles. The molecule has 1 heterocycles. The van der Waals surface area contributed by atoms with Crippen LogP contribution in [-0.2, 0) is 14.2 Å². The second-order valence-corrected chi connectivity index (χ2v) is 9.88. The Labute approximate surface area is 174 Å². The van der Waals surface area contributed by atoms with Crippen LogP contribution in [-0.4, -0.2) is 79.6 Å². The zero-order chi connectivity index (χ0) is 22.1. The number of amides is 1. The van der Waals surface area contributed by atoms with Gasteiger partial charge in [-0.15, -0.1) is 0 Å². The molecule has 30 heavy (non-hydrogen) atoms. The van der Waals surface area contributed by atoms with E-state index < -0.39 is 31.0 Å². The zero-order valence-electron chi connectivity index (χ0n) is 17.8. The largest absolute Gasteiger partial charge is 0.444 e. The van der Waals surface area contributed by atoms with Gasteiger partial charge in [-0.25, -0.2) is 4.79 Å². The highest BCUT2D eigenvalue weighted by atomic mass is 19.3. The smallest absolute Gasteiger partial charge is 0.410 e. The predicted octanol–water partition coefficient (Wildman–Crippen LogP) is 3.94. The van der Waals surface area contributed by atoms with Crippen molar-refractivity contribution >= 4 is 6.09 Å². The number of hydrogen-bond donors (Lipinski definition) is 0. The molecule has 3 rings (SSSR count). The van der Waals surface area contributed by atoms with Gasteiger partial charge < -0.3 is 19.1 Å². The SMILES string of the molecule is CC(C)(C)OC(=O)N1CCN(CC2CC3(C2)CC(OC(F)F)C3)C[C@H]1COC(F)F. The molecule has 1 aliphatic heterocycles. The van der Waals surface area contributed by atoms with E-state index in [2.05, 4.69) is 14.4 Å². The first-order valence-electron chi connectivity index (χ1n) is 10.5. The summed E-state index contributed by atoms with van der Waals surface area (Å²) in [4.78, 5) is 16.1. The Balaban J connectivity index is 1.47. The lowest BCUT2D eigenvalue weighted by atomic mass is 9.50. The molecular weight excluding hydrogens is 408 g/mol. The van der Waals surface area contributed by atoms with Gasteiger partial charge in [0.15, 0.2) is 0 Å². The molecule has 6 nitrogen and oxygen atoms in total. The Kier molecular flexibility index (Phi) is 7.18. The van der Waals surface area contributed by atoms with Crippen molar-refractivity contribution in [3.63, 3.8) is 0 Å². The summed E-state index contributed by atoms with van der Waals surface area (Å²) in [5.74, 6) is 0.447. The molecule has 0 aromatic rings. The van der Waals surface area contributed by atoms with Crippen LogP contribution in [0.1, 0.15) is 46.5 Å². The molecule has 2 saturated carbocycles. The fraction of sp³-hybridized carbons (Fsp3) is 0.950. The van der Waals surface area contributed by atoms with E-state index in [-0.39, 0.29) is 18.1 Å². The van der Waals surface area contributed by atoms with Crippen molar-refractivity contribution in [3.05, 3.63) is 0 Å². The van der Waals surface area contributed by atoms with Crippen molar-refractivity contribution in [1.82, 2.24) is 9.80 Å². The number of rotatable bonds is 7. The summed E-state index contributed by atoms with van der Waals surface area (Å²) in [6, 6.07) is -0.510. The number of nitrogens with zero attached hydrogens (tertiary/aromatic N) is 2. The van der Waals surface area contributed by atoms with Gasteiger partial charge in [0.1, 0.15) is 5.60 Å². The van der Waals surface area contributed by atoms with Crippen LogP contribution < -0.4 is 0 Å². The quantitative estimate of drug-likeness (QED) is 0.562. The number of carbonyl (C=O) groups is 1. The average molecular weight is 440 g/mol. The first-order valence-corrected chi connectivity index (χ1v) is 10.5. The molecule has 0 unspecified atom stereocenters. The highest BCUT2D eigenvalue weighted by Gasteiger charge is 2.54.